The van der Waals surface area contributed by atoms with Gasteiger partial charge in [0, 0.05) is 40.2 Å². The highest BCUT2D eigenvalue weighted by Gasteiger charge is 2.51. The van der Waals surface area contributed by atoms with Gasteiger partial charge in [-0.05, 0) is 23.3 Å². The highest BCUT2D eigenvalue weighted by atomic mass is 16.5. The van der Waals surface area contributed by atoms with E-state index in [1.807, 2.05) is 36.4 Å². The van der Waals surface area contributed by atoms with Gasteiger partial charge in [-0.3, -0.25) is 9.59 Å². The minimum atomic E-state index is -0.397. The molecular weight excluding hydrogens is 356 g/mol. The summed E-state index contributed by atoms with van der Waals surface area (Å²) in [5.41, 5.74) is 4.85. The standard InChI is InChI=1S/C23H18O5/c1-26-14-8-9-15(27-2)21-18-12-7-5-4-6-11(12)17(20(14)21)19-13(24)10-16(28-3)23(25)22(18)19/h4-10,17-18H,1-3H3/t17-,18-/m1/s1. The summed E-state index contributed by atoms with van der Waals surface area (Å²) >= 11 is 0. The molecule has 0 amide bonds. The molecule has 4 aliphatic carbocycles. The van der Waals surface area contributed by atoms with E-state index >= 15 is 0 Å². The van der Waals surface area contributed by atoms with Gasteiger partial charge in [-0.15, -0.1) is 0 Å². The summed E-state index contributed by atoms with van der Waals surface area (Å²) in [6.45, 7) is 0. The summed E-state index contributed by atoms with van der Waals surface area (Å²) in [5, 5.41) is 0. The minimum Gasteiger partial charge on any atom is -0.496 e. The van der Waals surface area contributed by atoms with Crippen LogP contribution in [0.15, 0.2) is 59.4 Å². The van der Waals surface area contributed by atoms with Crippen molar-refractivity contribution in [1.29, 1.82) is 0 Å². The van der Waals surface area contributed by atoms with Crippen LogP contribution in [0.3, 0.4) is 0 Å². The van der Waals surface area contributed by atoms with Crippen LogP contribution in [0, 0.1) is 0 Å². The highest BCUT2D eigenvalue weighted by Crippen LogP contribution is 2.61. The molecule has 0 aromatic heterocycles. The fraction of sp³-hybridized carbons (Fsp3) is 0.217. The van der Waals surface area contributed by atoms with Crippen molar-refractivity contribution in [1.82, 2.24) is 0 Å². The minimum absolute atomic E-state index is 0.0807. The van der Waals surface area contributed by atoms with Crippen LogP contribution in [0.2, 0.25) is 0 Å². The Morgan fingerprint density at radius 1 is 0.714 bits per heavy atom. The maximum absolute atomic E-state index is 13.2. The number of ketones is 2. The lowest BCUT2D eigenvalue weighted by molar-refractivity contribution is -0.118. The molecule has 2 aromatic carbocycles. The van der Waals surface area contributed by atoms with Crippen molar-refractivity contribution in [2.24, 2.45) is 0 Å². The van der Waals surface area contributed by atoms with E-state index in [0.717, 1.165) is 22.3 Å². The van der Waals surface area contributed by atoms with Crippen LogP contribution >= 0.6 is 0 Å². The predicted octanol–water partition coefficient (Wildman–Crippen LogP) is 3.27. The summed E-state index contributed by atoms with van der Waals surface area (Å²) in [4.78, 5) is 26.3. The summed E-state index contributed by atoms with van der Waals surface area (Å²) in [6, 6.07) is 11.6. The van der Waals surface area contributed by atoms with Gasteiger partial charge in [-0.25, -0.2) is 0 Å². The lowest BCUT2D eigenvalue weighted by Crippen LogP contribution is -2.37. The zero-order valence-electron chi connectivity index (χ0n) is 15.7. The van der Waals surface area contributed by atoms with E-state index in [-0.39, 0.29) is 23.2 Å². The molecule has 0 fully saturated rings. The van der Waals surface area contributed by atoms with Gasteiger partial charge in [0.2, 0.25) is 5.78 Å². The smallest absolute Gasteiger partial charge is 0.225 e. The lowest BCUT2D eigenvalue weighted by atomic mass is 9.58. The van der Waals surface area contributed by atoms with Gasteiger partial charge < -0.3 is 14.2 Å². The van der Waals surface area contributed by atoms with Crippen molar-refractivity contribution in [2.75, 3.05) is 21.3 Å². The van der Waals surface area contributed by atoms with E-state index < -0.39 is 5.92 Å². The molecule has 0 unspecified atom stereocenters. The Hall–Kier alpha value is -3.34. The second-order valence-corrected chi connectivity index (χ2v) is 7.03. The summed E-state index contributed by atoms with van der Waals surface area (Å²) in [5.74, 6) is 0.254. The molecule has 0 N–H and O–H groups in total. The van der Waals surface area contributed by atoms with Crippen LogP contribution < -0.4 is 9.47 Å². The average Bonchev–Trinajstić information content (AvgIpc) is 2.74. The molecule has 28 heavy (non-hydrogen) atoms. The Bertz CT molecular complexity index is 1120. The second-order valence-electron chi connectivity index (χ2n) is 7.03. The van der Waals surface area contributed by atoms with Crippen LogP contribution in [-0.4, -0.2) is 32.9 Å². The van der Waals surface area contributed by atoms with Gasteiger partial charge in [0.25, 0.3) is 0 Å². The molecule has 0 heterocycles. The number of benzene rings is 2. The number of Topliss-reactive ketones (excluding diaryl/α,β-unsaturated/α-hetero) is 1. The lowest BCUT2D eigenvalue weighted by Gasteiger charge is -2.44. The molecule has 2 atom stereocenters. The van der Waals surface area contributed by atoms with Gasteiger partial charge in [-0.1, -0.05) is 24.3 Å². The van der Waals surface area contributed by atoms with Gasteiger partial charge in [0.1, 0.15) is 11.5 Å². The van der Waals surface area contributed by atoms with Gasteiger partial charge >= 0.3 is 0 Å². The first kappa shape index (κ1) is 16.8. The first-order valence-corrected chi connectivity index (χ1v) is 9.04. The van der Waals surface area contributed by atoms with Crippen LogP contribution in [-0.2, 0) is 14.3 Å². The molecule has 0 saturated carbocycles. The van der Waals surface area contributed by atoms with E-state index in [1.165, 1.54) is 13.2 Å². The number of allylic oxidation sites excluding steroid dienone is 3. The molecule has 0 aliphatic heterocycles. The second kappa shape index (κ2) is 5.83. The van der Waals surface area contributed by atoms with E-state index in [2.05, 4.69) is 0 Å². The van der Waals surface area contributed by atoms with Crippen molar-refractivity contribution in [2.45, 2.75) is 11.8 Å². The van der Waals surface area contributed by atoms with Crippen LogP contribution in [0.1, 0.15) is 34.1 Å². The maximum atomic E-state index is 13.2. The molecule has 4 aliphatic rings. The third-order valence-electron chi connectivity index (χ3n) is 5.93. The van der Waals surface area contributed by atoms with Gasteiger partial charge in [0.15, 0.2) is 11.5 Å². The Balaban J connectivity index is 1.89. The maximum Gasteiger partial charge on any atom is 0.225 e. The normalized spacial score (nSPS) is 21.6. The molecule has 6 rings (SSSR count). The molecule has 5 nitrogen and oxygen atoms in total. The summed E-state index contributed by atoms with van der Waals surface area (Å²) in [6.07, 6.45) is 1.30. The van der Waals surface area contributed by atoms with E-state index in [4.69, 9.17) is 14.2 Å². The van der Waals surface area contributed by atoms with Gasteiger partial charge in [-0.2, -0.15) is 0 Å². The van der Waals surface area contributed by atoms with E-state index in [1.54, 1.807) is 14.2 Å². The Kier molecular flexibility index (Phi) is 3.50. The number of hydrogen-bond donors (Lipinski definition) is 0. The first-order chi connectivity index (χ1) is 13.6. The predicted molar refractivity (Wildman–Crippen MR) is 102 cm³/mol. The van der Waals surface area contributed by atoms with Crippen LogP contribution in [0.4, 0.5) is 0 Å². The third-order valence-corrected chi connectivity index (χ3v) is 5.93. The summed E-state index contributed by atoms with van der Waals surface area (Å²) in [7, 11) is 4.64. The van der Waals surface area contributed by atoms with Crippen molar-refractivity contribution in [3.63, 3.8) is 0 Å². The summed E-state index contributed by atoms with van der Waals surface area (Å²) < 4.78 is 16.5. The zero-order chi connectivity index (χ0) is 19.6. The van der Waals surface area contributed by atoms with Crippen molar-refractivity contribution in [3.8, 4) is 11.5 Å². The number of carbonyl (C=O) groups excluding carboxylic acids is 2. The first-order valence-electron chi connectivity index (χ1n) is 9.04. The van der Waals surface area contributed by atoms with Crippen molar-refractivity contribution >= 4 is 11.6 Å². The fourth-order valence-electron chi connectivity index (χ4n) is 4.88. The molecule has 5 heteroatoms. The Labute approximate surface area is 162 Å². The van der Waals surface area contributed by atoms with E-state index in [0.29, 0.717) is 22.6 Å². The average molecular weight is 374 g/mol. The fourth-order valence-corrected chi connectivity index (χ4v) is 4.88. The molecule has 140 valence electrons. The Morgan fingerprint density at radius 2 is 1.25 bits per heavy atom. The van der Waals surface area contributed by atoms with Crippen molar-refractivity contribution in [3.05, 3.63) is 81.6 Å². The van der Waals surface area contributed by atoms with Gasteiger partial charge in [0.05, 0.1) is 21.3 Å². The molecule has 0 spiro atoms. The molecule has 0 saturated heterocycles. The zero-order valence-corrected chi connectivity index (χ0v) is 15.7. The number of carbonyl (C=O) groups is 2. The van der Waals surface area contributed by atoms with E-state index in [9.17, 15) is 9.59 Å². The number of ether oxygens (including phenoxy) is 3. The molecule has 0 radical (unpaired) electrons. The Morgan fingerprint density at radius 3 is 1.75 bits per heavy atom. The van der Waals surface area contributed by atoms with Crippen molar-refractivity contribution < 1.29 is 23.8 Å². The molecular formula is C23H18O5. The highest BCUT2D eigenvalue weighted by molar-refractivity contribution is 6.24. The molecule has 2 aromatic rings. The largest absolute Gasteiger partial charge is 0.496 e. The number of rotatable bonds is 3. The third kappa shape index (κ3) is 1.91. The number of hydrogen-bond acceptors (Lipinski definition) is 5. The monoisotopic (exact) mass is 374 g/mol. The topological polar surface area (TPSA) is 61.8 Å². The number of methoxy groups -OCH3 is 3. The van der Waals surface area contributed by atoms with Crippen LogP contribution in [0.5, 0.6) is 11.5 Å². The molecule has 2 bridgehead atoms. The SMILES string of the molecule is COC1=CC(=O)C2=C(C1=O)[C@@H]1c3ccccc3[C@H]2c2c(OC)ccc(OC)c21. The quantitative estimate of drug-likeness (QED) is 0.772. The van der Waals surface area contributed by atoms with Crippen LogP contribution in [0.25, 0.3) is 0 Å².